The van der Waals surface area contributed by atoms with Crippen molar-refractivity contribution in [2.75, 3.05) is 0 Å². The van der Waals surface area contributed by atoms with Crippen molar-refractivity contribution in [1.82, 2.24) is 0 Å². The van der Waals surface area contributed by atoms with Gasteiger partial charge in [-0.05, 0) is 55.2 Å². The Kier molecular flexibility index (Phi) is 9.59. The monoisotopic (exact) mass is 503 g/mol. The van der Waals surface area contributed by atoms with Crippen LogP contribution in [0.1, 0.15) is 51.2 Å². The predicted molar refractivity (Wildman–Crippen MR) is 118 cm³/mol. The summed E-state index contributed by atoms with van der Waals surface area (Å²) in [4.78, 5) is 4.90. The molecule has 2 saturated carbocycles. The molecule has 0 heterocycles. The van der Waals surface area contributed by atoms with E-state index in [1.807, 2.05) is 31.3 Å². The number of halogens is 2. The van der Waals surface area contributed by atoms with Gasteiger partial charge in [-0.1, -0.05) is 51.0 Å². The van der Waals surface area contributed by atoms with E-state index in [0.29, 0.717) is 11.8 Å². The Bertz CT molecular complexity index is 630. The zero-order valence-electron chi connectivity index (χ0n) is 17.0. The van der Waals surface area contributed by atoms with Gasteiger partial charge in [-0.3, -0.25) is 4.99 Å². The molecule has 0 aliphatic heterocycles. The van der Waals surface area contributed by atoms with Gasteiger partial charge >= 0.3 is 37.9 Å². The summed E-state index contributed by atoms with van der Waals surface area (Å²) in [6.07, 6.45) is 6.04. The van der Waals surface area contributed by atoms with Crippen LogP contribution in [-0.2, 0) is 20.8 Å². The molecule has 3 rings (SSSR count). The number of nitrogens with zero attached hydrogens (tertiary/aromatic N) is 1. The van der Waals surface area contributed by atoms with Crippen molar-refractivity contribution in [3.05, 3.63) is 29.3 Å². The van der Waals surface area contributed by atoms with Crippen LogP contribution in [0.3, 0.4) is 0 Å². The normalized spacial score (nSPS) is 26.9. The van der Waals surface area contributed by atoms with Gasteiger partial charge in [0.1, 0.15) is 5.75 Å². The van der Waals surface area contributed by atoms with Crippen LogP contribution in [0.2, 0.25) is 23.7 Å². The Morgan fingerprint density at radius 1 is 1.11 bits per heavy atom. The molecule has 1 aromatic carbocycles. The zero-order chi connectivity index (χ0) is 20.0. The Morgan fingerprint density at radius 3 is 2.26 bits per heavy atom. The Morgan fingerprint density at radius 2 is 1.74 bits per heavy atom. The van der Waals surface area contributed by atoms with Gasteiger partial charge < -0.3 is 5.11 Å². The second kappa shape index (κ2) is 11.0. The van der Waals surface area contributed by atoms with Crippen LogP contribution in [0.15, 0.2) is 23.2 Å². The first-order valence-corrected chi connectivity index (χ1v) is 19.3. The molecular weight excluding hydrogens is 472 g/mol. The Labute approximate surface area is 184 Å². The zero-order valence-corrected chi connectivity index (χ0v) is 22.0. The van der Waals surface area contributed by atoms with E-state index in [4.69, 9.17) is 22.0 Å². The van der Waals surface area contributed by atoms with Gasteiger partial charge in [0.15, 0.2) is 0 Å². The number of aliphatic imine (C=N–C) groups is 1. The third kappa shape index (κ3) is 5.30. The molecule has 6 heteroatoms. The third-order valence-corrected chi connectivity index (χ3v) is 13.9. The van der Waals surface area contributed by atoms with Crippen molar-refractivity contribution in [2.24, 2.45) is 16.8 Å². The van der Waals surface area contributed by atoms with E-state index in [0.717, 1.165) is 28.5 Å². The summed E-state index contributed by atoms with van der Waals surface area (Å²) in [5, 5.41) is 10.2. The van der Waals surface area contributed by atoms with E-state index >= 15 is 0 Å². The Hall–Kier alpha value is 0.370. The topological polar surface area (TPSA) is 32.6 Å². The fraction of sp³-hybridized carbons (Fsp3) is 0.667. The fourth-order valence-electron chi connectivity index (χ4n) is 5.68. The molecule has 2 nitrogen and oxygen atoms in total. The number of benzene rings is 1. The molecule has 0 spiro atoms. The average Bonchev–Trinajstić information content (AvgIpc) is 3.26. The van der Waals surface area contributed by atoms with E-state index in [9.17, 15) is 5.11 Å². The SMILES string of the molecule is CC[Si](CC)(CC)C1CC2CC1CC2N=Cc1cccc(C)c1O.[Cl][Zr][Cl]. The first-order valence-electron chi connectivity index (χ1n) is 10.2. The van der Waals surface area contributed by atoms with E-state index in [-0.39, 0.29) is 0 Å². The molecule has 4 unspecified atom stereocenters. The predicted octanol–water partition coefficient (Wildman–Crippen LogP) is 7.17. The molecule has 2 aliphatic rings. The molecule has 2 aliphatic carbocycles. The summed E-state index contributed by atoms with van der Waals surface area (Å²) in [6.45, 7) is 9.28. The molecular formula is C21H33Cl2NOSiZr. The van der Waals surface area contributed by atoms with Crippen molar-refractivity contribution >= 4 is 31.3 Å². The molecule has 1 aromatic rings. The second-order valence-corrected chi connectivity index (χ2v) is 17.5. The van der Waals surface area contributed by atoms with Gasteiger partial charge in [0.05, 0.1) is 14.1 Å². The van der Waals surface area contributed by atoms with Crippen LogP contribution in [0.4, 0.5) is 0 Å². The molecule has 4 atom stereocenters. The molecule has 0 radical (unpaired) electrons. The molecule has 1 N–H and O–H groups in total. The minimum atomic E-state index is -1.06. The average molecular weight is 506 g/mol. The van der Waals surface area contributed by atoms with E-state index in [1.165, 1.54) is 37.4 Å². The van der Waals surface area contributed by atoms with E-state index in [2.05, 4.69) is 20.8 Å². The molecule has 0 aromatic heterocycles. The summed E-state index contributed by atoms with van der Waals surface area (Å²) in [5.74, 6) is 2.10. The van der Waals surface area contributed by atoms with Crippen molar-refractivity contribution in [1.29, 1.82) is 0 Å². The minimum absolute atomic E-state index is 0.386. The number of hydrogen-bond acceptors (Lipinski definition) is 2. The van der Waals surface area contributed by atoms with E-state index < -0.39 is 28.9 Å². The summed E-state index contributed by atoms with van der Waals surface area (Å²) in [5.41, 5.74) is 2.84. The number of para-hydroxylation sites is 1. The van der Waals surface area contributed by atoms with Crippen LogP contribution < -0.4 is 0 Å². The van der Waals surface area contributed by atoms with Crippen molar-refractivity contribution in [3.63, 3.8) is 0 Å². The van der Waals surface area contributed by atoms with Gasteiger partial charge in [0.2, 0.25) is 0 Å². The van der Waals surface area contributed by atoms with Gasteiger partial charge in [-0.2, -0.15) is 0 Å². The first-order chi connectivity index (χ1) is 13.0. The number of hydrogen-bond donors (Lipinski definition) is 1. The van der Waals surface area contributed by atoms with Crippen LogP contribution in [0.25, 0.3) is 0 Å². The first kappa shape index (κ1) is 23.6. The van der Waals surface area contributed by atoms with Crippen LogP contribution >= 0.6 is 17.0 Å². The number of rotatable bonds is 6. The van der Waals surface area contributed by atoms with Crippen molar-refractivity contribution in [3.8, 4) is 5.75 Å². The van der Waals surface area contributed by atoms with Crippen molar-refractivity contribution < 1.29 is 26.0 Å². The fourth-order valence-corrected chi connectivity index (χ4v) is 10.8. The third-order valence-electron chi connectivity index (χ3n) is 7.39. The summed E-state index contributed by atoms with van der Waals surface area (Å²) in [7, 11) is 8.81. The molecule has 2 bridgehead atoms. The van der Waals surface area contributed by atoms with Gasteiger partial charge in [0, 0.05) is 11.8 Å². The number of phenols is 1. The van der Waals surface area contributed by atoms with Crippen LogP contribution in [-0.4, -0.2) is 25.4 Å². The molecule has 27 heavy (non-hydrogen) atoms. The second-order valence-electron chi connectivity index (χ2n) is 8.19. The summed E-state index contributed by atoms with van der Waals surface area (Å²) >= 11 is -0.826. The van der Waals surface area contributed by atoms with Crippen LogP contribution in [0.5, 0.6) is 5.75 Å². The molecule has 2 fully saturated rings. The number of fused-ring (bicyclic) bond motifs is 2. The maximum absolute atomic E-state index is 10.2. The maximum atomic E-state index is 10.2. The number of aryl methyl sites for hydroxylation is 1. The van der Waals surface area contributed by atoms with Gasteiger partial charge in [-0.15, -0.1) is 0 Å². The van der Waals surface area contributed by atoms with Gasteiger partial charge in [0.25, 0.3) is 0 Å². The van der Waals surface area contributed by atoms with Crippen molar-refractivity contribution in [2.45, 2.75) is 76.7 Å². The quantitative estimate of drug-likeness (QED) is 0.323. The number of aromatic hydroxyl groups is 1. The van der Waals surface area contributed by atoms with Gasteiger partial charge in [-0.25, -0.2) is 0 Å². The molecule has 0 amide bonds. The molecule has 150 valence electrons. The number of phenolic OH excluding ortho intramolecular Hbond substituents is 1. The summed E-state index contributed by atoms with van der Waals surface area (Å²) in [6, 6.07) is 10.8. The van der Waals surface area contributed by atoms with Crippen LogP contribution in [0, 0.1) is 18.8 Å². The van der Waals surface area contributed by atoms with E-state index in [1.54, 1.807) is 0 Å². The Balaban J connectivity index is 0.000000817. The standard InChI is InChI=1S/C21H33NOSi.2ClH.Zr/c1-5-24(6-2,7-3)20-13-17-11-18(20)12-19(17)22-14-16-10-8-9-15(4)21(16)23;;;/h8-10,14,17-20,23H,5-7,11-13H2,1-4H3;2*1H;/q;;;+2/p-2. The molecule has 0 saturated heterocycles. The summed E-state index contributed by atoms with van der Waals surface area (Å²) < 4.78 is 0.